The van der Waals surface area contributed by atoms with Crippen LogP contribution in [0.15, 0.2) is 76.6 Å². The molecule has 0 spiro atoms. The normalized spacial score (nSPS) is 15.6. The lowest BCUT2D eigenvalue weighted by molar-refractivity contribution is -0.132. The molecular weight excluding hydrogens is 647 g/mol. The summed E-state index contributed by atoms with van der Waals surface area (Å²) in [5.74, 6) is 0.473. The number of aliphatic hydroxyl groups is 1. The van der Waals surface area contributed by atoms with Gasteiger partial charge in [0.15, 0.2) is 15.8 Å². The molecule has 0 aliphatic carbocycles. The van der Waals surface area contributed by atoms with Crippen molar-refractivity contribution in [1.29, 1.82) is 0 Å². The maximum Gasteiger partial charge on any atom is 0.301 e. The van der Waals surface area contributed by atoms with Crippen LogP contribution in [-0.2, 0) is 15.3 Å². The largest absolute Gasteiger partial charge is 0.507 e. The lowest BCUT2D eigenvalue weighted by Crippen LogP contribution is -2.29. The summed E-state index contributed by atoms with van der Waals surface area (Å²) in [6.07, 6.45) is 3.81. The molecule has 1 atom stereocenters. The quantitative estimate of drug-likeness (QED) is 0.0309. The van der Waals surface area contributed by atoms with Gasteiger partial charge in [-0.05, 0) is 74.2 Å². The molecule has 0 bridgehead atoms. The Hall–Kier alpha value is -4.35. The highest BCUT2D eigenvalue weighted by Crippen LogP contribution is 2.46. The number of amides is 1. The first kappa shape index (κ1) is 35.0. The van der Waals surface area contributed by atoms with Gasteiger partial charge in [-0.2, -0.15) is 0 Å². The molecule has 1 aliphatic heterocycles. The van der Waals surface area contributed by atoms with Gasteiger partial charge in [-0.15, -0.1) is 10.2 Å². The van der Waals surface area contributed by atoms with Crippen molar-refractivity contribution in [1.82, 2.24) is 10.2 Å². The highest BCUT2D eigenvalue weighted by Gasteiger charge is 2.48. The van der Waals surface area contributed by atoms with Crippen LogP contribution in [0.2, 0.25) is 0 Å². The van der Waals surface area contributed by atoms with E-state index >= 15 is 0 Å². The number of nitrogens with zero attached hydrogens (tertiary/aromatic N) is 3. The van der Waals surface area contributed by atoms with Gasteiger partial charge in [0.25, 0.3) is 5.78 Å². The molecule has 1 fully saturated rings. The van der Waals surface area contributed by atoms with Gasteiger partial charge in [-0.25, -0.2) is 0 Å². The summed E-state index contributed by atoms with van der Waals surface area (Å²) in [6.45, 7) is 9.60. The minimum atomic E-state index is -0.989. The SMILES string of the molecule is CCCCOc1ccc(/C(O)=C2/C(=O)C(=O)N(c3nnc(SCc4ccc(C)cc4)s3)C2c2ccc(OCCCC)c(OCC)c2)cc1. The fourth-order valence-corrected chi connectivity index (χ4v) is 6.96. The third-order valence-electron chi connectivity index (χ3n) is 7.76. The standard InChI is InChI=1S/C37H41N3O6S2/c1-5-8-20-45-28-17-14-26(15-18-28)33(41)31-32(27-16-19-29(46-21-9-6-2)30(22-27)44-7-3)40(35(43)34(31)42)36-38-39-37(48-36)47-23-25-12-10-24(4)11-13-25/h10-19,22,32,41H,5-9,20-21,23H2,1-4H3/b33-31-. The highest BCUT2D eigenvalue weighted by molar-refractivity contribution is 8.00. The van der Waals surface area contributed by atoms with Crippen molar-refractivity contribution >= 4 is 45.7 Å². The summed E-state index contributed by atoms with van der Waals surface area (Å²) in [5.41, 5.74) is 3.21. The van der Waals surface area contributed by atoms with E-state index < -0.39 is 17.7 Å². The van der Waals surface area contributed by atoms with Crippen LogP contribution < -0.4 is 19.1 Å². The number of rotatable bonds is 16. The molecule has 1 N–H and O–H groups in total. The molecule has 5 rings (SSSR count). The average Bonchev–Trinajstić information content (AvgIpc) is 3.67. The predicted molar refractivity (Wildman–Crippen MR) is 190 cm³/mol. The van der Waals surface area contributed by atoms with Gasteiger partial charge < -0.3 is 19.3 Å². The molecule has 0 radical (unpaired) electrons. The number of ketones is 1. The lowest BCUT2D eigenvalue weighted by Gasteiger charge is -2.23. The second-order valence-corrected chi connectivity index (χ2v) is 13.5. The van der Waals surface area contributed by atoms with Crippen LogP contribution in [0.3, 0.4) is 0 Å². The van der Waals surface area contributed by atoms with E-state index in [9.17, 15) is 14.7 Å². The van der Waals surface area contributed by atoms with Crippen LogP contribution in [0, 0.1) is 6.92 Å². The molecule has 1 amide bonds. The van der Waals surface area contributed by atoms with Gasteiger partial charge in [0.05, 0.1) is 31.4 Å². The number of ether oxygens (including phenoxy) is 3. The monoisotopic (exact) mass is 687 g/mol. The first-order valence-electron chi connectivity index (χ1n) is 16.3. The molecule has 1 aromatic heterocycles. The van der Waals surface area contributed by atoms with Crippen molar-refractivity contribution in [2.75, 3.05) is 24.7 Å². The van der Waals surface area contributed by atoms with Crippen LogP contribution in [-0.4, -0.2) is 46.8 Å². The highest BCUT2D eigenvalue weighted by atomic mass is 32.2. The third-order valence-corrected chi connectivity index (χ3v) is 9.89. The fraction of sp³-hybridized carbons (Fsp3) is 0.351. The average molecular weight is 688 g/mol. The van der Waals surface area contributed by atoms with Crippen molar-refractivity contribution in [2.45, 2.75) is 69.5 Å². The number of benzene rings is 3. The minimum absolute atomic E-state index is 0.0502. The number of thioether (sulfide) groups is 1. The Bertz CT molecular complexity index is 1740. The second kappa shape index (κ2) is 16.7. The van der Waals surface area contributed by atoms with E-state index in [4.69, 9.17) is 14.2 Å². The third kappa shape index (κ3) is 8.19. The maximum absolute atomic E-state index is 13.8. The molecule has 252 valence electrons. The van der Waals surface area contributed by atoms with Gasteiger partial charge >= 0.3 is 5.91 Å². The Balaban J connectivity index is 1.53. The van der Waals surface area contributed by atoms with Crippen LogP contribution in [0.5, 0.6) is 17.2 Å². The fourth-order valence-electron chi connectivity index (χ4n) is 5.14. The Morgan fingerprint density at radius 3 is 2.27 bits per heavy atom. The zero-order chi connectivity index (χ0) is 34.0. The zero-order valence-corrected chi connectivity index (χ0v) is 29.4. The van der Waals surface area contributed by atoms with E-state index in [0.717, 1.165) is 31.2 Å². The number of Topliss-reactive ketones (excluding diaryl/α,β-unsaturated/α-hetero) is 1. The van der Waals surface area contributed by atoms with E-state index in [2.05, 4.69) is 48.3 Å². The smallest absolute Gasteiger partial charge is 0.301 e. The molecule has 4 aromatic rings. The summed E-state index contributed by atoms with van der Waals surface area (Å²) < 4.78 is 18.4. The number of hydrogen-bond donors (Lipinski definition) is 1. The van der Waals surface area contributed by atoms with Gasteiger partial charge in [0.1, 0.15) is 11.5 Å². The van der Waals surface area contributed by atoms with Gasteiger partial charge in [0.2, 0.25) is 5.13 Å². The Kier molecular flexibility index (Phi) is 12.1. The summed E-state index contributed by atoms with van der Waals surface area (Å²) in [5, 5.41) is 20.6. The number of carbonyl (C=O) groups is 2. The topological polar surface area (TPSA) is 111 Å². The van der Waals surface area contributed by atoms with E-state index in [1.807, 2.05) is 13.8 Å². The minimum Gasteiger partial charge on any atom is -0.507 e. The van der Waals surface area contributed by atoms with Crippen molar-refractivity contribution in [2.24, 2.45) is 0 Å². The molecule has 1 saturated heterocycles. The molecule has 3 aromatic carbocycles. The van der Waals surface area contributed by atoms with Crippen molar-refractivity contribution < 1.29 is 28.9 Å². The van der Waals surface area contributed by atoms with E-state index in [1.165, 1.54) is 33.6 Å². The molecule has 1 unspecified atom stereocenters. The number of aliphatic hydroxyl groups excluding tert-OH is 1. The van der Waals surface area contributed by atoms with Crippen molar-refractivity contribution in [3.05, 3.63) is 94.6 Å². The molecular formula is C37H41N3O6S2. The van der Waals surface area contributed by atoms with Gasteiger partial charge in [0, 0.05) is 11.3 Å². The second-order valence-electron chi connectivity index (χ2n) is 11.4. The van der Waals surface area contributed by atoms with E-state index in [0.29, 0.717) is 58.3 Å². The summed E-state index contributed by atoms with van der Waals surface area (Å²) in [6, 6.07) is 19.5. The Labute approximate surface area is 290 Å². The molecule has 2 heterocycles. The summed E-state index contributed by atoms with van der Waals surface area (Å²) >= 11 is 2.73. The number of hydrogen-bond acceptors (Lipinski definition) is 10. The van der Waals surface area contributed by atoms with Gasteiger partial charge in [-0.1, -0.05) is 85.7 Å². The van der Waals surface area contributed by atoms with E-state index in [1.54, 1.807) is 42.5 Å². The van der Waals surface area contributed by atoms with Crippen LogP contribution in [0.25, 0.3) is 5.76 Å². The van der Waals surface area contributed by atoms with Crippen molar-refractivity contribution in [3.8, 4) is 17.2 Å². The number of aryl methyl sites for hydroxylation is 1. The van der Waals surface area contributed by atoms with Crippen LogP contribution in [0.4, 0.5) is 5.13 Å². The first-order valence-corrected chi connectivity index (χ1v) is 18.1. The number of aromatic nitrogens is 2. The lowest BCUT2D eigenvalue weighted by atomic mass is 9.95. The first-order chi connectivity index (χ1) is 23.3. The number of carbonyl (C=O) groups excluding carboxylic acids is 2. The Morgan fingerprint density at radius 2 is 1.58 bits per heavy atom. The Morgan fingerprint density at radius 1 is 0.875 bits per heavy atom. The maximum atomic E-state index is 13.8. The molecule has 1 aliphatic rings. The van der Waals surface area contributed by atoms with E-state index in [-0.39, 0.29) is 16.5 Å². The summed E-state index contributed by atoms with van der Waals surface area (Å²) in [7, 11) is 0. The zero-order valence-electron chi connectivity index (χ0n) is 27.7. The van der Waals surface area contributed by atoms with Crippen LogP contribution >= 0.6 is 23.1 Å². The molecule has 11 heteroatoms. The van der Waals surface area contributed by atoms with Crippen LogP contribution in [0.1, 0.15) is 74.8 Å². The van der Waals surface area contributed by atoms with Gasteiger partial charge in [-0.3, -0.25) is 14.5 Å². The number of unbranched alkanes of at least 4 members (excludes halogenated alkanes) is 2. The predicted octanol–water partition coefficient (Wildman–Crippen LogP) is 8.52. The number of anilines is 1. The van der Waals surface area contributed by atoms with Crippen molar-refractivity contribution in [3.63, 3.8) is 0 Å². The molecule has 48 heavy (non-hydrogen) atoms. The molecule has 0 saturated carbocycles. The summed E-state index contributed by atoms with van der Waals surface area (Å²) in [4.78, 5) is 28.9. The molecule has 9 nitrogen and oxygen atoms in total.